The summed E-state index contributed by atoms with van der Waals surface area (Å²) in [5.41, 5.74) is 0. The average Bonchev–Trinajstić information content (AvgIpc) is 3.40. The number of hydrogen-bond acceptors (Lipinski definition) is 9. The van der Waals surface area contributed by atoms with Crippen molar-refractivity contribution < 1.29 is 14.0 Å². The quantitative estimate of drug-likeness (QED) is 0.530. The van der Waals surface area contributed by atoms with Crippen LogP contribution in [-0.4, -0.2) is 42.5 Å². The van der Waals surface area contributed by atoms with Gasteiger partial charge in [-0.2, -0.15) is 0 Å². The van der Waals surface area contributed by atoms with E-state index in [0.29, 0.717) is 22.7 Å². The fourth-order valence-corrected chi connectivity index (χ4v) is 3.81. The molecular weight excluding hydrogens is 402 g/mol. The normalized spacial score (nSPS) is 12.0. The van der Waals surface area contributed by atoms with Gasteiger partial charge >= 0.3 is 0 Å². The third-order valence-electron chi connectivity index (χ3n) is 3.65. The standard InChI is InChI=1S/C16H19N7O3S2/c1-4-23-13(9(2)17-14(25)11-6-5-7-26-11)20-22-16(23)27-8-12(24)18-15-21-19-10(3)28-15/h5-7,9H,4,8H2,1-3H3,(H,17,25)(H,18,21,24). The van der Waals surface area contributed by atoms with E-state index in [2.05, 4.69) is 31.0 Å². The molecule has 1 unspecified atom stereocenters. The number of hydrogen-bond donors (Lipinski definition) is 2. The van der Waals surface area contributed by atoms with E-state index in [9.17, 15) is 9.59 Å². The number of amides is 2. The van der Waals surface area contributed by atoms with E-state index in [0.717, 1.165) is 5.01 Å². The summed E-state index contributed by atoms with van der Waals surface area (Å²) < 4.78 is 6.96. The molecule has 0 spiro atoms. The van der Waals surface area contributed by atoms with Crippen LogP contribution in [0.2, 0.25) is 0 Å². The molecule has 0 aliphatic carbocycles. The highest BCUT2D eigenvalue weighted by Crippen LogP contribution is 2.21. The summed E-state index contributed by atoms with van der Waals surface area (Å²) in [4.78, 5) is 24.3. The molecule has 1 atom stereocenters. The van der Waals surface area contributed by atoms with Gasteiger partial charge in [-0.1, -0.05) is 23.1 Å². The van der Waals surface area contributed by atoms with Gasteiger partial charge in [0.15, 0.2) is 16.7 Å². The lowest BCUT2D eigenvalue weighted by atomic mass is 10.3. The lowest BCUT2D eigenvalue weighted by molar-refractivity contribution is -0.113. The molecule has 3 heterocycles. The van der Waals surface area contributed by atoms with Gasteiger partial charge in [0, 0.05) is 6.54 Å². The molecular formula is C16H19N7O3S2. The van der Waals surface area contributed by atoms with Crippen molar-refractivity contribution in [2.45, 2.75) is 38.5 Å². The van der Waals surface area contributed by atoms with Crippen molar-refractivity contribution in [2.75, 3.05) is 11.1 Å². The number of nitrogens with one attached hydrogen (secondary N) is 2. The molecule has 0 aliphatic rings. The Morgan fingerprint density at radius 3 is 2.79 bits per heavy atom. The first-order chi connectivity index (χ1) is 13.5. The van der Waals surface area contributed by atoms with Crippen LogP contribution in [0.4, 0.5) is 5.13 Å². The van der Waals surface area contributed by atoms with E-state index < -0.39 is 0 Å². The van der Waals surface area contributed by atoms with Crippen molar-refractivity contribution in [2.24, 2.45) is 0 Å². The molecule has 3 aromatic rings. The number of aromatic nitrogens is 5. The summed E-state index contributed by atoms with van der Waals surface area (Å²) in [6.07, 6.45) is 1.44. The highest BCUT2D eigenvalue weighted by molar-refractivity contribution is 7.99. The summed E-state index contributed by atoms with van der Waals surface area (Å²) in [7, 11) is 0. The number of rotatable bonds is 8. The molecule has 0 fully saturated rings. The smallest absolute Gasteiger partial charge is 0.287 e. The first-order valence-corrected chi connectivity index (χ1v) is 10.3. The number of furan rings is 1. The predicted octanol–water partition coefficient (Wildman–Crippen LogP) is 2.27. The Morgan fingerprint density at radius 2 is 2.14 bits per heavy atom. The molecule has 2 amide bonds. The number of carbonyl (C=O) groups is 2. The lowest BCUT2D eigenvalue weighted by Gasteiger charge is -2.14. The minimum absolute atomic E-state index is 0.157. The molecule has 0 radical (unpaired) electrons. The van der Waals surface area contributed by atoms with Gasteiger partial charge in [0.05, 0.1) is 18.1 Å². The second kappa shape index (κ2) is 8.97. The number of aryl methyl sites for hydroxylation is 1. The SMILES string of the molecule is CCn1c(SCC(=O)Nc2nnc(C)s2)nnc1C(C)NC(=O)c1ccco1. The Morgan fingerprint density at radius 1 is 1.32 bits per heavy atom. The lowest BCUT2D eigenvalue weighted by Crippen LogP contribution is -2.28. The number of carbonyl (C=O) groups excluding carboxylic acids is 2. The molecule has 28 heavy (non-hydrogen) atoms. The molecule has 0 bridgehead atoms. The number of anilines is 1. The van der Waals surface area contributed by atoms with Gasteiger partial charge in [-0.05, 0) is 32.9 Å². The average molecular weight is 422 g/mol. The molecule has 3 aromatic heterocycles. The van der Waals surface area contributed by atoms with Gasteiger partial charge in [0.25, 0.3) is 5.91 Å². The van der Waals surface area contributed by atoms with Crippen LogP contribution in [0.5, 0.6) is 0 Å². The summed E-state index contributed by atoms with van der Waals surface area (Å²) in [6.45, 7) is 6.18. The fraction of sp³-hybridized carbons (Fsp3) is 0.375. The topological polar surface area (TPSA) is 128 Å². The zero-order valence-corrected chi connectivity index (χ0v) is 17.1. The maximum atomic E-state index is 12.2. The molecule has 2 N–H and O–H groups in total. The van der Waals surface area contributed by atoms with Crippen molar-refractivity contribution in [3.05, 3.63) is 35.0 Å². The van der Waals surface area contributed by atoms with Gasteiger partial charge < -0.3 is 14.3 Å². The summed E-state index contributed by atoms with van der Waals surface area (Å²) in [5.74, 6) is 0.457. The zero-order valence-electron chi connectivity index (χ0n) is 15.5. The largest absolute Gasteiger partial charge is 0.459 e. The van der Waals surface area contributed by atoms with Crippen molar-refractivity contribution >= 4 is 40.0 Å². The molecule has 0 saturated carbocycles. The number of thioether (sulfide) groups is 1. The van der Waals surface area contributed by atoms with Gasteiger partial charge in [0.1, 0.15) is 5.01 Å². The van der Waals surface area contributed by atoms with Crippen LogP contribution in [0.15, 0.2) is 28.0 Å². The van der Waals surface area contributed by atoms with Crippen molar-refractivity contribution in [3.63, 3.8) is 0 Å². The van der Waals surface area contributed by atoms with Crippen LogP contribution in [-0.2, 0) is 11.3 Å². The van der Waals surface area contributed by atoms with Crippen LogP contribution >= 0.6 is 23.1 Å². The van der Waals surface area contributed by atoms with Gasteiger partial charge in [-0.25, -0.2) is 0 Å². The Hall–Kier alpha value is -2.73. The molecule has 10 nitrogen and oxygen atoms in total. The molecule has 0 aliphatic heterocycles. The van der Waals surface area contributed by atoms with Crippen molar-refractivity contribution in [1.29, 1.82) is 0 Å². The predicted molar refractivity (Wildman–Crippen MR) is 104 cm³/mol. The second-order valence-corrected chi connectivity index (χ2v) is 7.84. The summed E-state index contributed by atoms with van der Waals surface area (Å²) >= 11 is 2.58. The Kier molecular flexibility index (Phi) is 6.41. The second-order valence-electron chi connectivity index (χ2n) is 5.72. The molecule has 0 saturated heterocycles. The van der Waals surface area contributed by atoms with E-state index in [1.165, 1.54) is 29.4 Å². The van der Waals surface area contributed by atoms with E-state index in [1.807, 2.05) is 25.3 Å². The minimum atomic E-state index is -0.377. The van der Waals surface area contributed by atoms with E-state index in [-0.39, 0.29) is 29.4 Å². The summed E-state index contributed by atoms with van der Waals surface area (Å²) in [5, 5.41) is 23.4. The zero-order chi connectivity index (χ0) is 20.1. The third kappa shape index (κ3) is 4.75. The van der Waals surface area contributed by atoms with Crippen LogP contribution in [0.1, 0.15) is 41.3 Å². The van der Waals surface area contributed by atoms with Crippen LogP contribution in [0, 0.1) is 6.92 Å². The third-order valence-corrected chi connectivity index (χ3v) is 5.37. The fourth-order valence-electron chi connectivity index (χ4n) is 2.40. The molecule has 0 aromatic carbocycles. The Labute approximate surface area is 169 Å². The Bertz CT molecular complexity index is 952. The van der Waals surface area contributed by atoms with E-state index in [1.54, 1.807) is 12.1 Å². The van der Waals surface area contributed by atoms with Gasteiger partial charge in [-0.15, -0.1) is 20.4 Å². The highest BCUT2D eigenvalue weighted by Gasteiger charge is 2.21. The number of nitrogens with zero attached hydrogens (tertiary/aromatic N) is 5. The first-order valence-electron chi connectivity index (χ1n) is 8.48. The van der Waals surface area contributed by atoms with Crippen molar-refractivity contribution in [1.82, 2.24) is 30.3 Å². The molecule has 3 rings (SSSR count). The van der Waals surface area contributed by atoms with Crippen LogP contribution in [0.25, 0.3) is 0 Å². The van der Waals surface area contributed by atoms with E-state index in [4.69, 9.17) is 4.42 Å². The maximum Gasteiger partial charge on any atom is 0.287 e. The van der Waals surface area contributed by atoms with E-state index >= 15 is 0 Å². The molecule has 148 valence electrons. The Balaban J connectivity index is 1.61. The molecule has 12 heteroatoms. The van der Waals surface area contributed by atoms with Crippen LogP contribution in [0.3, 0.4) is 0 Å². The van der Waals surface area contributed by atoms with Crippen molar-refractivity contribution in [3.8, 4) is 0 Å². The van der Waals surface area contributed by atoms with Gasteiger partial charge in [-0.3, -0.25) is 14.9 Å². The highest BCUT2D eigenvalue weighted by atomic mass is 32.2. The maximum absolute atomic E-state index is 12.2. The minimum Gasteiger partial charge on any atom is -0.459 e. The van der Waals surface area contributed by atoms with Gasteiger partial charge in [0.2, 0.25) is 11.0 Å². The summed E-state index contributed by atoms with van der Waals surface area (Å²) in [6, 6.07) is 2.86. The first kappa shape index (κ1) is 20.0. The van der Waals surface area contributed by atoms with Crippen LogP contribution < -0.4 is 10.6 Å². The monoisotopic (exact) mass is 421 g/mol.